The Kier molecular flexibility index (Phi) is 4.06. The van der Waals surface area contributed by atoms with Crippen molar-refractivity contribution in [1.29, 1.82) is 0 Å². The number of benzene rings is 1. The van der Waals surface area contributed by atoms with Gasteiger partial charge in [-0.2, -0.15) is 0 Å². The van der Waals surface area contributed by atoms with Crippen molar-refractivity contribution in [2.45, 2.75) is 37.5 Å². The standard InChI is InChI=1S/C15H20O5/c1-19-12-9-13(20-2)11(16)8-10(12)15(14(17)18)6-4-3-5-7-15/h8-9,16H,3-7H2,1-2H3,(H,17,18). The zero-order chi connectivity index (χ0) is 14.8. The summed E-state index contributed by atoms with van der Waals surface area (Å²) in [4.78, 5) is 11.8. The van der Waals surface area contributed by atoms with E-state index in [0.717, 1.165) is 19.3 Å². The van der Waals surface area contributed by atoms with Crippen LogP contribution in [0.15, 0.2) is 12.1 Å². The SMILES string of the molecule is COc1cc(OC)c(C2(C(=O)O)CCCCC2)cc1O. The monoisotopic (exact) mass is 280 g/mol. The van der Waals surface area contributed by atoms with Gasteiger partial charge >= 0.3 is 5.97 Å². The lowest BCUT2D eigenvalue weighted by atomic mass is 9.69. The third-order valence-corrected chi connectivity index (χ3v) is 4.13. The molecule has 2 rings (SSSR count). The number of carbonyl (C=O) groups is 1. The minimum Gasteiger partial charge on any atom is -0.504 e. The summed E-state index contributed by atoms with van der Waals surface area (Å²) in [6.45, 7) is 0. The molecule has 110 valence electrons. The number of hydrogen-bond donors (Lipinski definition) is 2. The van der Waals surface area contributed by atoms with E-state index in [1.54, 1.807) is 6.07 Å². The first-order valence-electron chi connectivity index (χ1n) is 6.74. The number of phenolic OH excluding ortho intramolecular Hbond substituents is 1. The van der Waals surface area contributed by atoms with Gasteiger partial charge in [0.15, 0.2) is 11.5 Å². The minimum absolute atomic E-state index is 0.0606. The minimum atomic E-state index is -0.979. The first-order valence-corrected chi connectivity index (χ1v) is 6.74. The van der Waals surface area contributed by atoms with Gasteiger partial charge in [-0.15, -0.1) is 0 Å². The Morgan fingerprint density at radius 3 is 2.20 bits per heavy atom. The van der Waals surface area contributed by atoms with Gasteiger partial charge in [0.1, 0.15) is 5.75 Å². The number of carboxylic acids is 1. The normalized spacial score (nSPS) is 17.5. The maximum Gasteiger partial charge on any atom is 0.314 e. The van der Waals surface area contributed by atoms with Gasteiger partial charge in [0.2, 0.25) is 0 Å². The first kappa shape index (κ1) is 14.5. The molecule has 0 aliphatic heterocycles. The molecule has 0 heterocycles. The van der Waals surface area contributed by atoms with Crippen molar-refractivity contribution in [3.8, 4) is 17.2 Å². The van der Waals surface area contributed by atoms with E-state index in [9.17, 15) is 15.0 Å². The van der Waals surface area contributed by atoms with Gasteiger partial charge in [-0.05, 0) is 18.9 Å². The fourth-order valence-corrected chi connectivity index (χ4v) is 3.01. The molecule has 1 aromatic rings. The molecule has 0 amide bonds. The van der Waals surface area contributed by atoms with Gasteiger partial charge in [-0.3, -0.25) is 4.79 Å². The molecule has 0 atom stereocenters. The molecule has 5 nitrogen and oxygen atoms in total. The summed E-state index contributed by atoms with van der Waals surface area (Å²) >= 11 is 0. The zero-order valence-corrected chi connectivity index (χ0v) is 11.8. The van der Waals surface area contributed by atoms with Crippen LogP contribution in [0, 0.1) is 0 Å². The van der Waals surface area contributed by atoms with Crippen molar-refractivity contribution in [2.24, 2.45) is 0 Å². The molecule has 0 aromatic heterocycles. The molecule has 1 aromatic carbocycles. The van der Waals surface area contributed by atoms with E-state index in [-0.39, 0.29) is 11.5 Å². The van der Waals surface area contributed by atoms with Crippen molar-refractivity contribution < 1.29 is 24.5 Å². The summed E-state index contributed by atoms with van der Waals surface area (Å²) in [6, 6.07) is 3.01. The highest BCUT2D eigenvalue weighted by molar-refractivity contribution is 5.83. The quantitative estimate of drug-likeness (QED) is 0.886. The Morgan fingerprint density at radius 1 is 1.10 bits per heavy atom. The van der Waals surface area contributed by atoms with Crippen LogP contribution in [0.3, 0.4) is 0 Å². The highest BCUT2D eigenvalue weighted by Gasteiger charge is 2.43. The maximum atomic E-state index is 11.8. The third kappa shape index (κ3) is 2.28. The Balaban J connectivity index is 2.58. The van der Waals surface area contributed by atoms with E-state index in [1.807, 2.05) is 0 Å². The Bertz CT molecular complexity index is 503. The largest absolute Gasteiger partial charge is 0.504 e. The van der Waals surface area contributed by atoms with Gasteiger partial charge in [0.05, 0.1) is 19.6 Å². The summed E-state index contributed by atoms with van der Waals surface area (Å²) < 4.78 is 10.4. The van der Waals surface area contributed by atoms with Crippen LogP contribution >= 0.6 is 0 Å². The summed E-state index contributed by atoms with van der Waals surface area (Å²) in [5.74, 6) is -0.194. The van der Waals surface area contributed by atoms with Crippen molar-refractivity contribution in [3.05, 3.63) is 17.7 Å². The van der Waals surface area contributed by atoms with Crippen LogP contribution in [-0.2, 0) is 10.2 Å². The summed E-state index contributed by atoms with van der Waals surface area (Å²) in [5.41, 5.74) is -0.446. The molecule has 0 spiro atoms. The van der Waals surface area contributed by atoms with Gasteiger partial charge in [-0.1, -0.05) is 19.3 Å². The van der Waals surface area contributed by atoms with Crippen molar-refractivity contribution in [2.75, 3.05) is 14.2 Å². The molecule has 0 bridgehead atoms. The molecule has 20 heavy (non-hydrogen) atoms. The number of phenols is 1. The highest BCUT2D eigenvalue weighted by Crippen LogP contribution is 2.46. The van der Waals surface area contributed by atoms with Crippen LogP contribution in [0.5, 0.6) is 17.2 Å². The van der Waals surface area contributed by atoms with Crippen LogP contribution in [-0.4, -0.2) is 30.4 Å². The van der Waals surface area contributed by atoms with Gasteiger partial charge in [0, 0.05) is 11.6 Å². The second-order valence-electron chi connectivity index (χ2n) is 5.17. The lowest BCUT2D eigenvalue weighted by Gasteiger charge is -2.34. The molecule has 5 heteroatoms. The lowest BCUT2D eigenvalue weighted by molar-refractivity contribution is -0.145. The maximum absolute atomic E-state index is 11.8. The van der Waals surface area contributed by atoms with Gasteiger partial charge in [-0.25, -0.2) is 0 Å². The van der Waals surface area contributed by atoms with Crippen LogP contribution in [0.4, 0.5) is 0 Å². The topological polar surface area (TPSA) is 76.0 Å². The molecule has 1 aliphatic rings. The number of carboxylic acid groups (broad SMARTS) is 1. The fourth-order valence-electron chi connectivity index (χ4n) is 3.01. The van der Waals surface area contributed by atoms with E-state index in [1.165, 1.54) is 20.3 Å². The molecule has 0 unspecified atom stereocenters. The predicted molar refractivity (Wildman–Crippen MR) is 73.6 cm³/mol. The van der Waals surface area contributed by atoms with Crippen LogP contribution in [0.25, 0.3) is 0 Å². The molecule has 1 aliphatic carbocycles. The summed E-state index contributed by atoms with van der Waals surface area (Å²) in [5, 5.41) is 19.7. The summed E-state index contributed by atoms with van der Waals surface area (Å²) in [7, 11) is 2.94. The van der Waals surface area contributed by atoms with Crippen molar-refractivity contribution in [3.63, 3.8) is 0 Å². The number of ether oxygens (including phenoxy) is 2. The molecule has 0 radical (unpaired) electrons. The van der Waals surface area contributed by atoms with E-state index >= 15 is 0 Å². The highest BCUT2D eigenvalue weighted by atomic mass is 16.5. The molecular formula is C15H20O5. The van der Waals surface area contributed by atoms with Gasteiger partial charge < -0.3 is 19.7 Å². The molecule has 1 saturated carbocycles. The average Bonchev–Trinajstić information content (AvgIpc) is 2.47. The van der Waals surface area contributed by atoms with Crippen molar-refractivity contribution >= 4 is 5.97 Å². The van der Waals surface area contributed by atoms with E-state index in [4.69, 9.17) is 9.47 Å². The number of rotatable bonds is 4. The predicted octanol–water partition coefficient (Wildman–Crippen LogP) is 2.70. The molecule has 2 N–H and O–H groups in total. The Labute approximate surface area is 118 Å². The molecule has 1 fully saturated rings. The number of hydrogen-bond acceptors (Lipinski definition) is 4. The Morgan fingerprint density at radius 2 is 1.70 bits per heavy atom. The molecule has 0 saturated heterocycles. The molecular weight excluding hydrogens is 260 g/mol. The number of aromatic hydroxyl groups is 1. The zero-order valence-electron chi connectivity index (χ0n) is 11.8. The second kappa shape index (κ2) is 5.61. The van der Waals surface area contributed by atoms with E-state index in [2.05, 4.69) is 0 Å². The third-order valence-electron chi connectivity index (χ3n) is 4.13. The second-order valence-corrected chi connectivity index (χ2v) is 5.17. The fraction of sp³-hybridized carbons (Fsp3) is 0.533. The number of aliphatic carboxylic acids is 1. The average molecular weight is 280 g/mol. The smallest absolute Gasteiger partial charge is 0.314 e. The van der Waals surface area contributed by atoms with Crippen LogP contribution in [0.2, 0.25) is 0 Å². The first-order chi connectivity index (χ1) is 9.55. The van der Waals surface area contributed by atoms with Crippen LogP contribution < -0.4 is 9.47 Å². The van der Waals surface area contributed by atoms with Gasteiger partial charge in [0.25, 0.3) is 0 Å². The summed E-state index contributed by atoms with van der Waals surface area (Å²) in [6.07, 6.45) is 3.89. The van der Waals surface area contributed by atoms with Crippen molar-refractivity contribution in [1.82, 2.24) is 0 Å². The van der Waals surface area contributed by atoms with E-state index < -0.39 is 11.4 Å². The van der Waals surface area contributed by atoms with E-state index in [0.29, 0.717) is 24.2 Å². The number of methoxy groups -OCH3 is 2. The Hall–Kier alpha value is -1.91. The lowest BCUT2D eigenvalue weighted by Crippen LogP contribution is -2.38. The van der Waals surface area contributed by atoms with Crippen LogP contribution in [0.1, 0.15) is 37.7 Å².